The number of nitrogens with zero attached hydrogens (tertiary/aromatic N) is 4. The third kappa shape index (κ3) is 3.94. The summed E-state index contributed by atoms with van der Waals surface area (Å²) in [5.74, 6) is 0.143. The van der Waals surface area contributed by atoms with Crippen LogP contribution in [0, 0.1) is 13.8 Å². The van der Waals surface area contributed by atoms with E-state index in [1.54, 1.807) is 22.1 Å². The summed E-state index contributed by atoms with van der Waals surface area (Å²) in [4.78, 5) is 35.3. The lowest BCUT2D eigenvalue weighted by atomic mass is 10.1. The first-order valence-electron chi connectivity index (χ1n) is 8.33. The lowest BCUT2D eigenvalue weighted by Gasteiger charge is -2.32. The fraction of sp³-hybridized carbons (Fsp3) is 0.333. The molecule has 7 nitrogen and oxygen atoms in total. The molecule has 1 aliphatic rings. The smallest absolute Gasteiger partial charge is 0.272 e. The molecule has 8 heteroatoms. The Bertz CT molecular complexity index is 811. The van der Waals surface area contributed by atoms with E-state index in [1.807, 2.05) is 26.0 Å². The van der Waals surface area contributed by atoms with E-state index < -0.39 is 0 Å². The third-order valence-corrected chi connectivity index (χ3v) is 4.59. The highest BCUT2D eigenvalue weighted by molar-refractivity contribution is 6.33. The van der Waals surface area contributed by atoms with E-state index in [4.69, 9.17) is 11.6 Å². The van der Waals surface area contributed by atoms with Crippen molar-refractivity contribution in [2.45, 2.75) is 13.8 Å². The van der Waals surface area contributed by atoms with E-state index in [0.29, 0.717) is 42.8 Å². The number of anilines is 2. The van der Waals surface area contributed by atoms with Crippen LogP contribution in [-0.2, 0) is 4.79 Å². The summed E-state index contributed by atoms with van der Waals surface area (Å²) in [6.45, 7) is 5.97. The number of nitrogens with one attached hydrogen (secondary N) is 1. The average Bonchev–Trinajstić information content (AvgIpc) is 2.64. The van der Waals surface area contributed by atoms with Gasteiger partial charge in [0.2, 0.25) is 12.4 Å². The number of halogens is 1. The summed E-state index contributed by atoms with van der Waals surface area (Å²) in [7, 11) is 0. The van der Waals surface area contributed by atoms with Gasteiger partial charge in [0.1, 0.15) is 5.69 Å². The van der Waals surface area contributed by atoms with Gasteiger partial charge in [0.25, 0.3) is 5.91 Å². The van der Waals surface area contributed by atoms with Crippen LogP contribution in [0.25, 0.3) is 0 Å². The van der Waals surface area contributed by atoms with Crippen LogP contribution in [0.3, 0.4) is 0 Å². The topological polar surface area (TPSA) is 78.4 Å². The zero-order valence-corrected chi connectivity index (χ0v) is 15.5. The van der Waals surface area contributed by atoms with E-state index in [-0.39, 0.29) is 5.91 Å². The molecule has 0 aliphatic carbocycles. The van der Waals surface area contributed by atoms with Gasteiger partial charge < -0.3 is 15.1 Å². The van der Waals surface area contributed by atoms with Crippen LogP contribution in [0.15, 0.2) is 24.4 Å². The minimum absolute atomic E-state index is 0.173. The van der Waals surface area contributed by atoms with Gasteiger partial charge in [-0.15, -0.1) is 0 Å². The molecule has 0 bridgehead atoms. The zero-order chi connectivity index (χ0) is 18.7. The second-order valence-electron chi connectivity index (χ2n) is 6.26. The second-order valence-corrected chi connectivity index (χ2v) is 6.67. The number of rotatable bonds is 4. The fourth-order valence-corrected chi connectivity index (χ4v) is 3.28. The van der Waals surface area contributed by atoms with Crippen molar-refractivity contribution in [1.82, 2.24) is 19.8 Å². The molecule has 0 saturated carbocycles. The van der Waals surface area contributed by atoms with Gasteiger partial charge in [-0.3, -0.25) is 9.59 Å². The molecule has 0 radical (unpaired) electrons. The van der Waals surface area contributed by atoms with Gasteiger partial charge in [0.15, 0.2) is 0 Å². The van der Waals surface area contributed by atoms with Crippen molar-refractivity contribution in [2.75, 3.05) is 31.5 Å². The molecule has 2 heterocycles. The first-order valence-corrected chi connectivity index (χ1v) is 8.71. The quantitative estimate of drug-likeness (QED) is 0.832. The molecular weight excluding hydrogens is 354 g/mol. The summed E-state index contributed by atoms with van der Waals surface area (Å²) in [6, 6.07) is 5.46. The number of benzene rings is 1. The summed E-state index contributed by atoms with van der Waals surface area (Å²) < 4.78 is 0. The highest BCUT2D eigenvalue weighted by Crippen LogP contribution is 2.29. The predicted molar refractivity (Wildman–Crippen MR) is 99.8 cm³/mol. The first-order chi connectivity index (χ1) is 12.5. The molecule has 1 aliphatic heterocycles. The molecule has 3 rings (SSSR count). The Morgan fingerprint density at radius 3 is 2.62 bits per heavy atom. The summed E-state index contributed by atoms with van der Waals surface area (Å²) in [5.41, 5.74) is 3.07. The Hall–Kier alpha value is -2.67. The predicted octanol–water partition coefficient (Wildman–Crippen LogP) is 2.40. The number of aryl methyl sites for hydroxylation is 2. The Morgan fingerprint density at radius 2 is 1.96 bits per heavy atom. The van der Waals surface area contributed by atoms with E-state index in [0.717, 1.165) is 23.2 Å². The Kier molecular flexibility index (Phi) is 5.37. The third-order valence-electron chi connectivity index (χ3n) is 4.29. The van der Waals surface area contributed by atoms with Gasteiger partial charge in [-0.25, -0.2) is 9.97 Å². The lowest BCUT2D eigenvalue weighted by Crippen LogP contribution is -2.48. The maximum absolute atomic E-state index is 12.7. The second kappa shape index (κ2) is 7.70. The highest BCUT2D eigenvalue weighted by Gasteiger charge is 2.22. The number of hydrogen-bond acceptors (Lipinski definition) is 5. The van der Waals surface area contributed by atoms with Crippen molar-refractivity contribution in [2.24, 2.45) is 0 Å². The standard InChI is InChI=1S/C18H20ClN5O2/c1-12-9-13(2)16(14(19)10-12)22-18-20-4-3-15(21-18)17(26)24-7-5-23(11-25)6-8-24/h3-4,9-11H,5-8H2,1-2H3,(H,20,21,22). The van der Waals surface area contributed by atoms with Crippen molar-refractivity contribution in [3.63, 3.8) is 0 Å². The minimum Gasteiger partial charge on any atom is -0.342 e. The largest absolute Gasteiger partial charge is 0.342 e. The van der Waals surface area contributed by atoms with Crippen molar-refractivity contribution >= 4 is 35.6 Å². The van der Waals surface area contributed by atoms with E-state index in [2.05, 4.69) is 15.3 Å². The van der Waals surface area contributed by atoms with E-state index >= 15 is 0 Å². The van der Waals surface area contributed by atoms with Crippen LogP contribution in [0.4, 0.5) is 11.6 Å². The minimum atomic E-state index is -0.173. The molecule has 1 fully saturated rings. The van der Waals surface area contributed by atoms with Crippen molar-refractivity contribution in [3.05, 3.63) is 46.2 Å². The van der Waals surface area contributed by atoms with Crippen LogP contribution < -0.4 is 5.32 Å². The maximum atomic E-state index is 12.7. The van der Waals surface area contributed by atoms with Gasteiger partial charge in [-0.2, -0.15) is 0 Å². The Labute approximate surface area is 157 Å². The van der Waals surface area contributed by atoms with Gasteiger partial charge in [0.05, 0.1) is 10.7 Å². The molecule has 0 spiro atoms. The molecule has 1 saturated heterocycles. The molecule has 1 aromatic carbocycles. The first kappa shape index (κ1) is 18.1. The van der Waals surface area contributed by atoms with Crippen molar-refractivity contribution < 1.29 is 9.59 Å². The number of hydrogen-bond donors (Lipinski definition) is 1. The maximum Gasteiger partial charge on any atom is 0.272 e. The summed E-state index contributed by atoms with van der Waals surface area (Å²) in [5, 5.41) is 3.68. The van der Waals surface area contributed by atoms with Gasteiger partial charge in [-0.05, 0) is 37.1 Å². The van der Waals surface area contributed by atoms with E-state index in [1.165, 1.54) is 0 Å². The van der Waals surface area contributed by atoms with Crippen molar-refractivity contribution in [3.8, 4) is 0 Å². The number of carbonyl (C=O) groups is 2. The molecule has 2 amide bonds. The SMILES string of the molecule is Cc1cc(C)c(Nc2nccc(C(=O)N3CCN(C=O)CC3)n2)c(Cl)c1. The normalized spacial score (nSPS) is 14.3. The molecule has 0 unspecified atom stereocenters. The highest BCUT2D eigenvalue weighted by atomic mass is 35.5. The number of carbonyl (C=O) groups excluding carboxylic acids is 2. The Balaban J connectivity index is 1.76. The fourth-order valence-electron chi connectivity index (χ4n) is 2.92. The number of amides is 2. The molecular formula is C18H20ClN5O2. The Morgan fingerprint density at radius 1 is 1.23 bits per heavy atom. The van der Waals surface area contributed by atoms with Gasteiger partial charge >= 0.3 is 0 Å². The average molecular weight is 374 g/mol. The number of aromatic nitrogens is 2. The zero-order valence-electron chi connectivity index (χ0n) is 14.7. The van der Waals surface area contributed by atoms with Crippen LogP contribution in [-0.4, -0.2) is 58.3 Å². The summed E-state index contributed by atoms with van der Waals surface area (Å²) >= 11 is 6.31. The van der Waals surface area contributed by atoms with Crippen LogP contribution in [0.5, 0.6) is 0 Å². The molecule has 0 atom stereocenters. The monoisotopic (exact) mass is 373 g/mol. The van der Waals surface area contributed by atoms with Crippen LogP contribution in [0.1, 0.15) is 21.6 Å². The molecule has 136 valence electrons. The van der Waals surface area contributed by atoms with Crippen LogP contribution >= 0.6 is 11.6 Å². The molecule has 26 heavy (non-hydrogen) atoms. The lowest BCUT2D eigenvalue weighted by molar-refractivity contribution is -0.119. The number of piperazine rings is 1. The molecule has 2 aromatic rings. The van der Waals surface area contributed by atoms with Crippen molar-refractivity contribution in [1.29, 1.82) is 0 Å². The van der Waals surface area contributed by atoms with Crippen LogP contribution in [0.2, 0.25) is 5.02 Å². The van der Waals surface area contributed by atoms with E-state index in [9.17, 15) is 9.59 Å². The molecule has 1 aromatic heterocycles. The van der Waals surface area contributed by atoms with Gasteiger partial charge in [0, 0.05) is 32.4 Å². The molecule has 1 N–H and O–H groups in total. The summed E-state index contributed by atoms with van der Waals surface area (Å²) in [6.07, 6.45) is 2.35. The van der Waals surface area contributed by atoms with Gasteiger partial charge in [-0.1, -0.05) is 17.7 Å².